The molecule has 0 saturated carbocycles. The van der Waals surface area contributed by atoms with Crippen LogP contribution in [0, 0.1) is 12.7 Å². The van der Waals surface area contributed by atoms with E-state index in [2.05, 4.69) is 25.5 Å². The number of alkyl halides is 3. The van der Waals surface area contributed by atoms with Crippen molar-refractivity contribution in [3.63, 3.8) is 0 Å². The van der Waals surface area contributed by atoms with Gasteiger partial charge in [-0.2, -0.15) is 13.2 Å². The van der Waals surface area contributed by atoms with Crippen LogP contribution in [0.2, 0.25) is 0 Å². The van der Waals surface area contributed by atoms with Gasteiger partial charge in [-0.25, -0.2) is 9.37 Å². The number of hydrogen-bond donors (Lipinski definition) is 2. The lowest BCUT2D eigenvalue weighted by molar-refractivity contribution is -0.138. The topological polar surface area (TPSA) is 73.4 Å². The molecule has 11 heteroatoms. The summed E-state index contributed by atoms with van der Waals surface area (Å²) in [5.41, 5.74) is 1.52. The molecule has 5 rings (SSSR count). The zero-order chi connectivity index (χ0) is 29.9. The summed E-state index contributed by atoms with van der Waals surface area (Å²) in [6.45, 7) is 4.58. The third kappa shape index (κ3) is 6.92. The third-order valence-electron chi connectivity index (χ3n) is 7.29. The minimum Gasteiger partial charge on any atom is -0.340 e. The zero-order valence-corrected chi connectivity index (χ0v) is 23.2. The largest absolute Gasteiger partial charge is 0.416 e. The van der Waals surface area contributed by atoms with Gasteiger partial charge in [-0.3, -0.25) is 14.7 Å². The Bertz CT molecular complexity index is 1570. The molecule has 0 radical (unpaired) electrons. The number of pyridine rings is 2. The Morgan fingerprint density at radius 2 is 1.76 bits per heavy atom. The maximum atomic E-state index is 14.9. The highest BCUT2D eigenvalue weighted by Crippen LogP contribution is 2.34. The number of piperazine rings is 1. The predicted octanol–water partition coefficient (Wildman–Crippen LogP) is 6.35. The first kappa shape index (κ1) is 29.2. The maximum absolute atomic E-state index is 14.9. The van der Waals surface area contributed by atoms with Crippen LogP contribution in [0.5, 0.6) is 0 Å². The van der Waals surface area contributed by atoms with Gasteiger partial charge in [-0.15, -0.1) is 0 Å². The first-order valence-electron chi connectivity index (χ1n) is 13.4. The first-order chi connectivity index (χ1) is 20.1. The highest BCUT2D eigenvalue weighted by Gasteiger charge is 2.34. The number of nitrogens with one attached hydrogen (secondary N) is 2. The van der Waals surface area contributed by atoms with Crippen molar-refractivity contribution in [2.24, 2.45) is 0 Å². The molecule has 42 heavy (non-hydrogen) atoms. The molecule has 1 amide bonds. The predicted molar refractivity (Wildman–Crippen MR) is 154 cm³/mol. The van der Waals surface area contributed by atoms with Crippen LogP contribution in [0.4, 0.5) is 34.8 Å². The van der Waals surface area contributed by atoms with Gasteiger partial charge in [0.05, 0.1) is 5.56 Å². The van der Waals surface area contributed by atoms with E-state index in [0.717, 1.165) is 36.3 Å². The number of rotatable bonds is 7. The molecule has 1 aliphatic rings. The van der Waals surface area contributed by atoms with Gasteiger partial charge in [0.2, 0.25) is 0 Å². The molecule has 0 spiro atoms. The first-order valence-corrected chi connectivity index (χ1v) is 13.4. The van der Waals surface area contributed by atoms with Crippen molar-refractivity contribution < 1.29 is 22.4 Å². The van der Waals surface area contributed by atoms with Gasteiger partial charge < -0.3 is 15.5 Å². The van der Waals surface area contributed by atoms with E-state index in [1.54, 1.807) is 31.6 Å². The van der Waals surface area contributed by atoms with Gasteiger partial charge in [0.15, 0.2) is 0 Å². The number of nitrogens with zero attached hydrogens (tertiary/aromatic N) is 4. The standard InChI is InChI=1S/C31H30F4N6O/c1-20-27(32)16-25(17-28(20)39-29-15-21(7-9-37-29)23-4-3-8-36-18-23)38-30(42)22-5-6-24(26(14-22)31(33,34)35)19-41-12-10-40(2)11-13-41/h3-9,14-18H,10-13,19H2,1-2H3,(H,37,39)(H,38,42). The van der Waals surface area contributed by atoms with Crippen LogP contribution in [0.25, 0.3) is 11.1 Å². The molecule has 2 N–H and O–H groups in total. The van der Waals surface area contributed by atoms with Crippen molar-refractivity contribution >= 4 is 23.1 Å². The van der Waals surface area contributed by atoms with Gasteiger partial charge >= 0.3 is 6.18 Å². The molecule has 7 nitrogen and oxygen atoms in total. The van der Waals surface area contributed by atoms with E-state index in [1.807, 2.05) is 30.1 Å². The summed E-state index contributed by atoms with van der Waals surface area (Å²) in [7, 11) is 1.98. The molecule has 3 heterocycles. The van der Waals surface area contributed by atoms with Crippen LogP contribution in [-0.2, 0) is 12.7 Å². The smallest absolute Gasteiger partial charge is 0.340 e. The monoisotopic (exact) mass is 578 g/mol. The number of carbonyl (C=O) groups is 1. The summed E-state index contributed by atoms with van der Waals surface area (Å²) in [6, 6.07) is 13.5. The Balaban J connectivity index is 1.35. The Morgan fingerprint density at radius 1 is 0.976 bits per heavy atom. The van der Waals surface area contributed by atoms with E-state index in [1.165, 1.54) is 18.2 Å². The summed E-state index contributed by atoms with van der Waals surface area (Å²) < 4.78 is 56.9. The number of halogens is 4. The Labute approximate surface area is 241 Å². The third-order valence-corrected chi connectivity index (χ3v) is 7.29. The van der Waals surface area contributed by atoms with Crippen molar-refractivity contribution in [3.05, 3.63) is 101 Å². The fourth-order valence-corrected chi connectivity index (χ4v) is 4.80. The van der Waals surface area contributed by atoms with E-state index in [-0.39, 0.29) is 28.9 Å². The molecule has 4 aromatic rings. The minimum atomic E-state index is -4.64. The van der Waals surface area contributed by atoms with E-state index in [0.29, 0.717) is 24.6 Å². The Hall–Kier alpha value is -4.35. The van der Waals surface area contributed by atoms with E-state index < -0.39 is 23.5 Å². The average molecular weight is 579 g/mol. The molecule has 1 saturated heterocycles. The average Bonchev–Trinajstić information content (AvgIpc) is 2.97. The number of anilines is 3. The number of aromatic nitrogens is 2. The fraction of sp³-hybridized carbons (Fsp3) is 0.258. The number of benzene rings is 2. The van der Waals surface area contributed by atoms with Crippen LogP contribution < -0.4 is 10.6 Å². The summed E-state index contributed by atoms with van der Waals surface area (Å²) in [5.74, 6) is -0.942. The zero-order valence-electron chi connectivity index (χ0n) is 23.2. The molecular formula is C31H30F4N6O. The quantitative estimate of drug-likeness (QED) is 0.249. The van der Waals surface area contributed by atoms with Gasteiger partial charge in [0, 0.05) is 79.4 Å². The highest BCUT2D eigenvalue weighted by molar-refractivity contribution is 6.04. The molecule has 0 bridgehead atoms. The second-order valence-electron chi connectivity index (χ2n) is 10.3. The van der Waals surface area contributed by atoms with Crippen LogP contribution in [0.1, 0.15) is 27.0 Å². The number of hydrogen-bond acceptors (Lipinski definition) is 6. The van der Waals surface area contributed by atoms with Crippen LogP contribution in [-0.4, -0.2) is 58.9 Å². The van der Waals surface area contributed by atoms with Crippen molar-refractivity contribution in [3.8, 4) is 11.1 Å². The molecule has 2 aromatic carbocycles. The summed E-state index contributed by atoms with van der Waals surface area (Å²) in [6.07, 6.45) is 0.349. The summed E-state index contributed by atoms with van der Waals surface area (Å²) >= 11 is 0. The van der Waals surface area contributed by atoms with Gasteiger partial charge in [-0.1, -0.05) is 12.1 Å². The normalized spacial score (nSPS) is 14.5. The lowest BCUT2D eigenvalue weighted by Gasteiger charge is -2.33. The van der Waals surface area contributed by atoms with Crippen LogP contribution in [0.3, 0.4) is 0 Å². The SMILES string of the molecule is Cc1c(F)cc(NC(=O)c2ccc(CN3CCN(C)CC3)c(C(F)(F)F)c2)cc1Nc1cc(-c2cccnc2)ccn1. The van der Waals surface area contributed by atoms with E-state index in [9.17, 15) is 22.4 Å². The highest BCUT2D eigenvalue weighted by atomic mass is 19.4. The molecule has 2 aromatic heterocycles. The van der Waals surface area contributed by atoms with E-state index in [4.69, 9.17) is 0 Å². The number of amides is 1. The number of carbonyl (C=O) groups excluding carboxylic acids is 1. The second kappa shape index (κ2) is 12.3. The summed E-state index contributed by atoms with van der Waals surface area (Å²) in [5, 5.41) is 5.62. The lowest BCUT2D eigenvalue weighted by atomic mass is 10.0. The van der Waals surface area contributed by atoms with Crippen molar-refractivity contribution in [1.29, 1.82) is 0 Å². The summed E-state index contributed by atoms with van der Waals surface area (Å²) in [4.78, 5) is 25.6. The van der Waals surface area contributed by atoms with E-state index >= 15 is 0 Å². The minimum absolute atomic E-state index is 0.0871. The van der Waals surface area contributed by atoms with Crippen LogP contribution in [0.15, 0.2) is 73.2 Å². The van der Waals surface area contributed by atoms with Crippen molar-refractivity contribution in [2.75, 3.05) is 43.9 Å². The molecule has 1 aliphatic heterocycles. The molecular weight excluding hydrogens is 548 g/mol. The van der Waals surface area contributed by atoms with Gasteiger partial charge in [-0.05, 0) is 67.6 Å². The lowest BCUT2D eigenvalue weighted by Crippen LogP contribution is -2.44. The fourth-order valence-electron chi connectivity index (χ4n) is 4.80. The molecule has 0 unspecified atom stereocenters. The van der Waals surface area contributed by atoms with Gasteiger partial charge in [0.1, 0.15) is 11.6 Å². The van der Waals surface area contributed by atoms with Crippen LogP contribution >= 0.6 is 0 Å². The Morgan fingerprint density at radius 3 is 2.48 bits per heavy atom. The molecule has 1 fully saturated rings. The number of likely N-dealkylation sites (N-methyl/N-ethyl adjacent to an activating group) is 1. The Kier molecular flexibility index (Phi) is 8.51. The van der Waals surface area contributed by atoms with Crippen molar-refractivity contribution in [1.82, 2.24) is 19.8 Å². The second-order valence-corrected chi connectivity index (χ2v) is 10.3. The molecule has 218 valence electrons. The molecule has 0 aliphatic carbocycles. The van der Waals surface area contributed by atoms with Crippen molar-refractivity contribution in [2.45, 2.75) is 19.6 Å². The molecule has 0 atom stereocenters. The van der Waals surface area contributed by atoms with Gasteiger partial charge in [0.25, 0.3) is 5.91 Å². The maximum Gasteiger partial charge on any atom is 0.416 e.